The van der Waals surface area contributed by atoms with Crippen molar-refractivity contribution >= 4 is 45.0 Å². The van der Waals surface area contributed by atoms with Gasteiger partial charge in [-0.05, 0) is 42.5 Å². The summed E-state index contributed by atoms with van der Waals surface area (Å²) in [6, 6.07) is 10.0. The number of nitrogens with two attached hydrogens (primary N) is 1. The summed E-state index contributed by atoms with van der Waals surface area (Å²) in [6.45, 7) is -0.894. The number of rotatable bonds is 9. The number of benzene rings is 2. The molecule has 2 aromatic carbocycles. The number of nitrogens with zero attached hydrogens (tertiary/aromatic N) is 2. The monoisotopic (exact) mass is 554 g/mol. The van der Waals surface area contributed by atoms with Crippen LogP contribution >= 0.6 is 11.8 Å². The number of nitrogens with one attached hydrogen (secondary N) is 1. The van der Waals surface area contributed by atoms with E-state index in [0.717, 1.165) is 17.7 Å². The molecule has 0 atom stereocenters. The number of anilines is 2. The SMILES string of the molecule is Cn1c(N)c(C(=O)COC(=O)c2cccc(S(=O)(=O)Nc3ccc(SC(F)F)cc3)c2)c(=O)n(C)c1=O. The van der Waals surface area contributed by atoms with Crippen molar-refractivity contribution in [1.29, 1.82) is 0 Å². The molecule has 0 unspecified atom stereocenters. The first-order valence-corrected chi connectivity index (χ1v) is 12.6. The van der Waals surface area contributed by atoms with Crippen molar-refractivity contribution in [1.82, 2.24) is 9.13 Å². The van der Waals surface area contributed by atoms with E-state index in [1.807, 2.05) is 0 Å². The Kier molecular flexibility index (Phi) is 8.18. The van der Waals surface area contributed by atoms with Crippen LogP contribution in [-0.4, -0.2) is 41.7 Å². The Morgan fingerprint density at radius 2 is 1.73 bits per heavy atom. The lowest BCUT2D eigenvalue weighted by molar-refractivity contribution is 0.0474. The number of ether oxygens (including phenoxy) is 1. The van der Waals surface area contributed by atoms with E-state index in [0.29, 0.717) is 16.3 Å². The number of Topliss-reactive ketones (excluding diaryl/α,β-unsaturated/α-hetero) is 1. The fourth-order valence-corrected chi connectivity index (χ4v) is 4.72. The number of ketones is 1. The standard InChI is InChI=1S/C22H20F2N4O7S2/c1-27-18(25)17(19(30)28(2)22(27)32)16(29)11-35-20(31)12-4-3-5-15(10-12)37(33,34)26-13-6-8-14(9-7-13)36-21(23)24/h3-10,21,26H,11,25H2,1-2H3. The molecule has 3 rings (SSSR count). The number of alkyl halides is 2. The zero-order valence-electron chi connectivity index (χ0n) is 19.3. The number of esters is 1. The van der Waals surface area contributed by atoms with Crippen LogP contribution in [0.1, 0.15) is 20.7 Å². The zero-order valence-corrected chi connectivity index (χ0v) is 20.9. The molecule has 1 aromatic heterocycles. The second-order valence-electron chi connectivity index (χ2n) is 7.50. The summed E-state index contributed by atoms with van der Waals surface area (Å²) >= 11 is 0.309. The fraction of sp³-hybridized carbons (Fsp3) is 0.182. The number of hydrogen-bond acceptors (Lipinski definition) is 9. The fourth-order valence-electron chi connectivity index (χ4n) is 3.12. The third kappa shape index (κ3) is 6.24. The van der Waals surface area contributed by atoms with E-state index < -0.39 is 56.8 Å². The molecule has 0 radical (unpaired) electrons. The minimum atomic E-state index is -4.18. The van der Waals surface area contributed by atoms with E-state index in [9.17, 15) is 36.4 Å². The van der Waals surface area contributed by atoms with Gasteiger partial charge in [-0.25, -0.2) is 18.0 Å². The van der Waals surface area contributed by atoms with Gasteiger partial charge in [0.05, 0.1) is 10.5 Å². The molecule has 0 aliphatic carbocycles. The smallest absolute Gasteiger partial charge is 0.338 e. The van der Waals surface area contributed by atoms with Gasteiger partial charge in [-0.3, -0.25) is 23.4 Å². The number of carbonyl (C=O) groups excluding carboxylic acids is 2. The quantitative estimate of drug-likeness (QED) is 0.228. The largest absolute Gasteiger partial charge is 0.454 e. The zero-order chi connectivity index (χ0) is 27.5. The van der Waals surface area contributed by atoms with E-state index in [1.54, 1.807) is 0 Å². The van der Waals surface area contributed by atoms with E-state index in [1.165, 1.54) is 49.5 Å². The van der Waals surface area contributed by atoms with Gasteiger partial charge >= 0.3 is 11.7 Å². The highest BCUT2D eigenvalue weighted by molar-refractivity contribution is 7.99. The van der Waals surface area contributed by atoms with E-state index in [4.69, 9.17) is 10.5 Å². The highest BCUT2D eigenvalue weighted by Gasteiger charge is 2.23. The maximum absolute atomic E-state index is 12.7. The summed E-state index contributed by atoms with van der Waals surface area (Å²) in [7, 11) is -1.76. The molecular formula is C22H20F2N4O7S2. The molecule has 0 saturated heterocycles. The van der Waals surface area contributed by atoms with Crippen LogP contribution in [0.2, 0.25) is 0 Å². The van der Waals surface area contributed by atoms with Gasteiger partial charge in [0, 0.05) is 24.7 Å². The minimum absolute atomic E-state index is 0.105. The second-order valence-corrected chi connectivity index (χ2v) is 10.2. The number of nitrogen functional groups attached to an aromatic ring is 1. The van der Waals surface area contributed by atoms with E-state index in [2.05, 4.69) is 4.72 Å². The van der Waals surface area contributed by atoms with Gasteiger partial charge in [0.2, 0.25) is 5.78 Å². The lowest BCUT2D eigenvalue weighted by Gasteiger charge is -2.11. The molecule has 37 heavy (non-hydrogen) atoms. The maximum atomic E-state index is 12.7. The van der Waals surface area contributed by atoms with Gasteiger partial charge in [-0.2, -0.15) is 8.78 Å². The molecule has 196 valence electrons. The molecule has 0 aliphatic rings. The van der Waals surface area contributed by atoms with E-state index >= 15 is 0 Å². The molecule has 0 spiro atoms. The molecule has 0 fully saturated rings. The van der Waals surface area contributed by atoms with Crippen molar-refractivity contribution in [3.05, 3.63) is 80.5 Å². The van der Waals surface area contributed by atoms with Crippen molar-refractivity contribution in [2.75, 3.05) is 17.1 Å². The second kappa shape index (κ2) is 11.0. The molecule has 0 amide bonds. The van der Waals surface area contributed by atoms with Crippen LogP contribution in [0.3, 0.4) is 0 Å². The van der Waals surface area contributed by atoms with Crippen molar-refractivity contribution in [3.63, 3.8) is 0 Å². The van der Waals surface area contributed by atoms with Gasteiger partial charge in [0.25, 0.3) is 21.3 Å². The van der Waals surface area contributed by atoms with Crippen LogP contribution in [0.15, 0.2) is 67.9 Å². The Morgan fingerprint density at radius 3 is 2.35 bits per heavy atom. The first kappa shape index (κ1) is 27.6. The predicted octanol–water partition coefficient (Wildman–Crippen LogP) is 1.82. The Labute approximate surface area is 212 Å². The van der Waals surface area contributed by atoms with Crippen molar-refractivity contribution in [2.45, 2.75) is 15.5 Å². The van der Waals surface area contributed by atoms with Crippen molar-refractivity contribution < 1.29 is 31.5 Å². The lowest BCUT2D eigenvalue weighted by Crippen LogP contribution is -2.42. The highest BCUT2D eigenvalue weighted by Crippen LogP contribution is 2.27. The van der Waals surface area contributed by atoms with Crippen LogP contribution in [0, 0.1) is 0 Å². The average molecular weight is 555 g/mol. The lowest BCUT2D eigenvalue weighted by atomic mass is 10.2. The topological polar surface area (TPSA) is 160 Å². The number of carbonyl (C=O) groups is 2. The number of thioether (sulfide) groups is 1. The Bertz CT molecular complexity index is 1580. The summed E-state index contributed by atoms with van der Waals surface area (Å²) in [5, 5.41) is 0. The summed E-state index contributed by atoms with van der Waals surface area (Å²) in [5.41, 5.74) is 3.38. The average Bonchev–Trinajstić information content (AvgIpc) is 2.85. The van der Waals surface area contributed by atoms with Crippen LogP contribution < -0.4 is 21.7 Å². The summed E-state index contributed by atoms with van der Waals surface area (Å²) < 4.78 is 59.1. The molecule has 0 saturated carbocycles. The van der Waals surface area contributed by atoms with Crippen molar-refractivity contribution in [2.24, 2.45) is 14.1 Å². The summed E-state index contributed by atoms with van der Waals surface area (Å²) in [5.74, 6) is -5.03. The third-order valence-corrected chi connectivity index (χ3v) is 7.14. The molecular weight excluding hydrogens is 534 g/mol. The number of aromatic nitrogens is 2. The maximum Gasteiger partial charge on any atom is 0.338 e. The summed E-state index contributed by atoms with van der Waals surface area (Å²) in [6.07, 6.45) is 0. The Morgan fingerprint density at radius 1 is 1.08 bits per heavy atom. The molecule has 3 N–H and O–H groups in total. The molecule has 1 heterocycles. The normalized spacial score (nSPS) is 11.4. The predicted molar refractivity (Wildman–Crippen MR) is 132 cm³/mol. The first-order valence-electron chi connectivity index (χ1n) is 10.3. The Balaban J connectivity index is 1.74. The Hall–Kier alpha value is -3.98. The number of sulfonamides is 1. The number of hydrogen-bond donors (Lipinski definition) is 2. The molecule has 0 aliphatic heterocycles. The van der Waals surface area contributed by atoms with Crippen LogP contribution in [0.5, 0.6) is 0 Å². The molecule has 3 aromatic rings. The molecule has 15 heteroatoms. The summed E-state index contributed by atoms with van der Waals surface area (Å²) in [4.78, 5) is 49.1. The first-order chi connectivity index (χ1) is 17.3. The third-order valence-electron chi connectivity index (χ3n) is 5.03. The van der Waals surface area contributed by atoms with Gasteiger partial charge < -0.3 is 10.5 Å². The van der Waals surface area contributed by atoms with Crippen LogP contribution in [-0.2, 0) is 28.9 Å². The number of halogens is 2. The van der Waals surface area contributed by atoms with Gasteiger partial charge in [0.1, 0.15) is 11.4 Å². The van der Waals surface area contributed by atoms with Crippen LogP contribution in [0.4, 0.5) is 20.3 Å². The highest BCUT2D eigenvalue weighted by atomic mass is 32.2. The molecule has 11 nitrogen and oxygen atoms in total. The van der Waals surface area contributed by atoms with E-state index in [-0.39, 0.29) is 21.0 Å². The van der Waals surface area contributed by atoms with Gasteiger partial charge in [-0.15, -0.1) is 0 Å². The van der Waals surface area contributed by atoms with Crippen LogP contribution in [0.25, 0.3) is 0 Å². The van der Waals surface area contributed by atoms with Gasteiger partial charge in [0.15, 0.2) is 6.61 Å². The van der Waals surface area contributed by atoms with Gasteiger partial charge in [-0.1, -0.05) is 17.8 Å². The minimum Gasteiger partial charge on any atom is -0.454 e. The molecule has 0 bridgehead atoms. The van der Waals surface area contributed by atoms with Crippen molar-refractivity contribution in [3.8, 4) is 0 Å².